The van der Waals surface area contributed by atoms with Gasteiger partial charge in [0.2, 0.25) is 0 Å². The fourth-order valence-electron chi connectivity index (χ4n) is 2.95. The summed E-state index contributed by atoms with van der Waals surface area (Å²) in [7, 11) is 0. The summed E-state index contributed by atoms with van der Waals surface area (Å²) in [6, 6.07) is 7.97. The summed E-state index contributed by atoms with van der Waals surface area (Å²) in [5.41, 5.74) is 2.91. The van der Waals surface area contributed by atoms with E-state index in [1.54, 1.807) is 24.0 Å². The quantitative estimate of drug-likeness (QED) is 0.672. The SMILES string of the molecule is CCOC(=O)c1cnn(-c2ccnc3cc(Cl)ccc23)c1CNC1CC1. The van der Waals surface area contributed by atoms with Crippen LogP contribution in [0.2, 0.25) is 5.02 Å². The third kappa shape index (κ3) is 3.30. The van der Waals surface area contributed by atoms with Crippen molar-refractivity contribution in [3.8, 4) is 5.69 Å². The molecule has 2 heterocycles. The molecule has 1 aliphatic carbocycles. The molecule has 0 atom stereocenters. The van der Waals surface area contributed by atoms with Gasteiger partial charge in [-0.05, 0) is 44.0 Å². The number of aromatic nitrogens is 3. The normalized spacial score (nSPS) is 13.9. The molecule has 2 aromatic heterocycles. The molecule has 3 aromatic rings. The van der Waals surface area contributed by atoms with Gasteiger partial charge in [0.15, 0.2) is 0 Å². The smallest absolute Gasteiger partial charge is 0.341 e. The van der Waals surface area contributed by atoms with Crippen molar-refractivity contribution < 1.29 is 9.53 Å². The van der Waals surface area contributed by atoms with Gasteiger partial charge in [-0.1, -0.05) is 11.6 Å². The summed E-state index contributed by atoms with van der Waals surface area (Å²) in [6.07, 6.45) is 5.63. The second kappa shape index (κ2) is 7.05. The Morgan fingerprint density at radius 3 is 3.00 bits per heavy atom. The van der Waals surface area contributed by atoms with E-state index in [2.05, 4.69) is 15.4 Å². The average Bonchev–Trinajstić information content (AvgIpc) is 3.37. The van der Waals surface area contributed by atoms with Gasteiger partial charge in [0, 0.05) is 29.2 Å². The van der Waals surface area contributed by atoms with Crippen LogP contribution in [0.1, 0.15) is 35.8 Å². The number of pyridine rings is 1. The number of rotatable bonds is 6. The Kier molecular flexibility index (Phi) is 4.61. The van der Waals surface area contributed by atoms with Crippen LogP contribution < -0.4 is 5.32 Å². The average molecular weight is 371 g/mol. The molecule has 1 N–H and O–H groups in total. The number of benzene rings is 1. The first-order valence-corrected chi connectivity index (χ1v) is 9.07. The zero-order valence-electron chi connectivity index (χ0n) is 14.4. The number of nitrogens with zero attached hydrogens (tertiary/aromatic N) is 3. The van der Waals surface area contributed by atoms with Crippen molar-refractivity contribution in [1.82, 2.24) is 20.1 Å². The highest BCUT2D eigenvalue weighted by molar-refractivity contribution is 6.31. The van der Waals surface area contributed by atoms with E-state index in [0.717, 1.165) is 22.3 Å². The minimum Gasteiger partial charge on any atom is -0.462 e. The molecule has 0 amide bonds. The highest BCUT2D eigenvalue weighted by Gasteiger charge is 2.25. The Labute approximate surface area is 156 Å². The Morgan fingerprint density at radius 2 is 2.23 bits per heavy atom. The largest absolute Gasteiger partial charge is 0.462 e. The van der Waals surface area contributed by atoms with E-state index in [1.165, 1.54) is 12.8 Å². The summed E-state index contributed by atoms with van der Waals surface area (Å²) in [5.74, 6) is -0.354. The monoisotopic (exact) mass is 370 g/mol. The molecule has 0 aliphatic heterocycles. The van der Waals surface area contributed by atoms with E-state index in [1.807, 2.05) is 24.3 Å². The van der Waals surface area contributed by atoms with Crippen LogP contribution in [0.3, 0.4) is 0 Å². The fourth-order valence-corrected chi connectivity index (χ4v) is 3.12. The van der Waals surface area contributed by atoms with Gasteiger partial charge in [-0.15, -0.1) is 0 Å². The van der Waals surface area contributed by atoms with Gasteiger partial charge < -0.3 is 10.1 Å². The number of ether oxygens (including phenoxy) is 1. The third-order valence-corrected chi connectivity index (χ3v) is 4.64. The molecule has 134 valence electrons. The maximum atomic E-state index is 12.3. The number of fused-ring (bicyclic) bond motifs is 1. The van der Waals surface area contributed by atoms with Crippen LogP contribution in [0.25, 0.3) is 16.6 Å². The predicted molar refractivity (Wildman–Crippen MR) is 99.7 cm³/mol. The summed E-state index contributed by atoms with van der Waals surface area (Å²) in [6.45, 7) is 2.68. The van der Waals surface area contributed by atoms with E-state index in [0.29, 0.717) is 29.8 Å². The minimum atomic E-state index is -0.354. The number of halogens is 1. The molecule has 1 aromatic carbocycles. The number of hydrogen-bond donors (Lipinski definition) is 1. The molecule has 26 heavy (non-hydrogen) atoms. The molecule has 0 radical (unpaired) electrons. The fraction of sp³-hybridized carbons (Fsp3) is 0.316. The zero-order chi connectivity index (χ0) is 18.1. The lowest BCUT2D eigenvalue weighted by molar-refractivity contribution is 0.0525. The van der Waals surface area contributed by atoms with Gasteiger partial charge in [-0.2, -0.15) is 5.10 Å². The van der Waals surface area contributed by atoms with Crippen molar-refractivity contribution >= 4 is 28.5 Å². The molecule has 1 saturated carbocycles. The molecule has 0 spiro atoms. The number of hydrogen-bond acceptors (Lipinski definition) is 5. The Morgan fingerprint density at radius 1 is 1.38 bits per heavy atom. The summed E-state index contributed by atoms with van der Waals surface area (Å²) < 4.78 is 6.98. The van der Waals surface area contributed by atoms with Crippen molar-refractivity contribution in [2.75, 3.05) is 6.61 Å². The molecule has 0 unspecified atom stereocenters. The predicted octanol–water partition coefficient (Wildman–Crippen LogP) is 3.50. The molecule has 1 fully saturated rings. The number of nitrogens with one attached hydrogen (secondary N) is 1. The topological polar surface area (TPSA) is 69.0 Å². The lowest BCUT2D eigenvalue weighted by atomic mass is 10.1. The van der Waals surface area contributed by atoms with Gasteiger partial charge in [-0.3, -0.25) is 4.98 Å². The Bertz CT molecular complexity index is 965. The maximum Gasteiger partial charge on any atom is 0.341 e. The van der Waals surface area contributed by atoms with Crippen molar-refractivity contribution in [3.63, 3.8) is 0 Å². The minimum absolute atomic E-state index is 0.330. The number of carbonyl (C=O) groups is 1. The van der Waals surface area contributed by atoms with Gasteiger partial charge in [0.05, 0.1) is 29.7 Å². The zero-order valence-corrected chi connectivity index (χ0v) is 15.2. The molecule has 1 aliphatic rings. The van der Waals surface area contributed by atoms with Crippen LogP contribution in [0.5, 0.6) is 0 Å². The highest BCUT2D eigenvalue weighted by atomic mass is 35.5. The van der Waals surface area contributed by atoms with E-state index in [4.69, 9.17) is 16.3 Å². The van der Waals surface area contributed by atoms with Crippen molar-refractivity contribution in [2.45, 2.75) is 32.4 Å². The van der Waals surface area contributed by atoms with Crippen LogP contribution in [-0.4, -0.2) is 33.4 Å². The molecular weight excluding hydrogens is 352 g/mol. The van der Waals surface area contributed by atoms with E-state index in [9.17, 15) is 4.79 Å². The summed E-state index contributed by atoms with van der Waals surface area (Å²) in [5, 5.41) is 9.48. The first-order valence-electron chi connectivity index (χ1n) is 8.69. The van der Waals surface area contributed by atoms with E-state index in [-0.39, 0.29) is 5.97 Å². The summed E-state index contributed by atoms with van der Waals surface area (Å²) >= 11 is 6.09. The van der Waals surface area contributed by atoms with Crippen LogP contribution in [0, 0.1) is 0 Å². The summed E-state index contributed by atoms with van der Waals surface area (Å²) in [4.78, 5) is 16.7. The molecule has 4 rings (SSSR count). The van der Waals surface area contributed by atoms with Gasteiger partial charge >= 0.3 is 5.97 Å². The highest BCUT2D eigenvalue weighted by Crippen LogP contribution is 2.26. The first-order chi connectivity index (χ1) is 12.7. The standard InChI is InChI=1S/C19H19ClN4O2/c1-2-26-19(25)15-10-23-24(18(15)11-22-13-4-5-13)17-7-8-21-16-9-12(20)3-6-14(16)17/h3,6-10,13,22H,2,4-5,11H2,1H3. The van der Waals surface area contributed by atoms with Crippen molar-refractivity contribution in [3.05, 3.63) is 52.9 Å². The van der Waals surface area contributed by atoms with Crippen LogP contribution in [-0.2, 0) is 11.3 Å². The van der Waals surface area contributed by atoms with Gasteiger partial charge in [0.1, 0.15) is 5.56 Å². The molecule has 0 bridgehead atoms. The Hall–Kier alpha value is -2.44. The van der Waals surface area contributed by atoms with Crippen LogP contribution >= 0.6 is 11.6 Å². The van der Waals surface area contributed by atoms with Gasteiger partial charge in [0.25, 0.3) is 0 Å². The van der Waals surface area contributed by atoms with Crippen molar-refractivity contribution in [2.24, 2.45) is 0 Å². The maximum absolute atomic E-state index is 12.3. The van der Waals surface area contributed by atoms with Crippen LogP contribution in [0.15, 0.2) is 36.7 Å². The van der Waals surface area contributed by atoms with Gasteiger partial charge in [-0.25, -0.2) is 9.48 Å². The van der Waals surface area contributed by atoms with Crippen molar-refractivity contribution in [1.29, 1.82) is 0 Å². The second-order valence-corrected chi connectivity index (χ2v) is 6.72. The van der Waals surface area contributed by atoms with E-state index >= 15 is 0 Å². The number of carbonyl (C=O) groups excluding carboxylic acids is 1. The molecule has 0 saturated heterocycles. The molecule has 6 nitrogen and oxygen atoms in total. The molecule has 7 heteroatoms. The third-order valence-electron chi connectivity index (χ3n) is 4.41. The lowest BCUT2D eigenvalue weighted by Gasteiger charge is -2.12. The number of esters is 1. The first kappa shape index (κ1) is 17.0. The Balaban J connectivity index is 1.81. The second-order valence-electron chi connectivity index (χ2n) is 6.28. The van der Waals surface area contributed by atoms with Crippen LogP contribution in [0.4, 0.5) is 0 Å². The molecular formula is C19H19ClN4O2. The lowest BCUT2D eigenvalue weighted by Crippen LogP contribution is -2.20. The van der Waals surface area contributed by atoms with E-state index < -0.39 is 0 Å².